The second-order valence-corrected chi connectivity index (χ2v) is 5.61. The normalized spacial score (nSPS) is 19.3. The zero-order chi connectivity index (χ0) is 12.0. The van der Waals surface area contributed by atoms with Gasteiger partial charge in [-0.25, -0.2) is 0 Å². The van der Waals surface area contributed by atoms with E-state index in [2.05, 4.69) is 45.9 Å². The van der Waals surface area contributed by atoms with Gasteiger partial charge in [-0.1, -0.05) is 23.8 Å². The van der Waals surface area contributed by atoms with Gasteiger partial charge in [0.1, 0.15) is 0 Å². The SMILES string of the molecule is Cc1ccc(C2(C(C)(C)N)COC2)c(C)c1. The van der Waals surface area contributed by atoms with E-state index in [-0.39, 0.29) is 11.0 Å². The molecule has 1 heterocycles. The Kier molecular flexibility index (Phi) is 2.59. The van der Waals surface area contributed by atoms with Crippen LogP contribution in [0, 0.1) is 13.8 Å². The van der Waals surface area contributed by atoms with Crippen LogP contribution < -0.4 is 5.73 Å². The fraction of sp³-hybridized carbons (Fsp3) is 0.571. The largest absolute Gasteiger partial charge is 0.379 e. The molecular formula is C14H21NO. The molecule has 16 heavy (non-hydrogen) atoms. The Morgan fingerprint density at radius 3 is 2.25 bits per heavy atom. The maximum Gasteiger partial charge on any atom is 0.0603 e. The van der Waals surface area contributed by atoms with E-state index >= 15 is 0 Å². The van der Waals surface area contributed by atoms with Crippen molar-refractivity contribution in [3.05, 3.63) is 34.9 Å². The van der Waals surface area contributed by atoms with Crippen molar-refractivity contribution >= 4 is 0 Å². The maximum absolute atomic E-state index is 6.33. The van der Waals surface area contributed by atoms with Gasteiger partial charge in [-0.05, 0) is 38.8 Å². The van der Waals surface area contributed by atoms with E-state index in [0.717, 1.165) is 13.2 Å². The van der Waals surface area contributed by atoms with Crippen molar-refractivity contribution in [2.24, 2.45) is 5.73 Å². The van der Waals surface area contributed by atoms with Crippen LogP contribution in [0.15, 0.2) is 18.2 Å². The molecule has 1 fully saturated rings. The molecular weight excluding hydrogens is 198 g/mol. The van der Waals surface area contributed by atoms with Gasteiger partial charge >= 0.3 is 0 Å². The third kappa shape index (κ3) is 1.57. The lowest BCUT2D eigenvalue weighted by Crippen LogP contribution is -2.65. The van der Waals surface area contributed by atoms with Crippen molar-refractivity contribution < 1.29 is 4.74 Å². The molecule has 0 atom stereocenters. The molecule has 1 aromatic carbocycles. The minimum atomic E-state index is -0.245. The van der Waals surface area contributed by atoms with E-state index in [0.29, 0.717) is 0 Å². The summed E-state index contributed by atoms with van der Waals surface area (Å²) in [7, 11) is 0. The van der Waals surface area contributed by atoms with Crippen LogP contribution in [0.4, 0.5) is 0 Å². The summed E-state index contributed by atoms with van der Waals surface area (Å²) >= 11 is 0. The molecule has 0 amide bonds. The Bertz CT molecular complexity index is 400. The standard InChI is InChI=1S/C14H21NO/c1-10-5-6-12(11(2)7-10)14(8-16-9-14)13(3,4)15/h5-7H,8-9,15H2,1-4H3. The fourth-order valence-corrected chi connectivity index (χ4v) is 2.53. The predicted octanol–water partition coefficient (Wildman–Crippen LogP) is 2.31. The zero-order valence-corrected chi connectivity index (χ0v) is 10.6. The van der Waals surface area contributed by atoms with Crippen molar-refractivity contribution in [3.8, 4) is 0 Å². The van der Waals surface area contributed by atoms with E-state index in [1.54, 1.807) is 0 Å². The Morgan fingerprint density at radius 2 is 1.88 bits per heavy atom. The quantitative estimate of drug-likeness (QED) is 0.828. The topological polar surface area (TPSA) is 35.2 Å². The summed E-state index contributed by atoms with van der Waals surface area (Å²) in [5, 5.41) is 0. The molecule has 2 N–H and O–H groups in total. The van der Waals surface area contributed by atoms with Gasteiger partial charge in [0.2, 0.25) is 0 Å². The number of benzene rings is 1. The lowest BCUT2D eigenvalue weighted by Gasteiger charge is -2.51. The molecule has 0 unspecified atom stereocenters. The molecule has 2 rings (SSSR count). The lowest BCUT2D eigenvalue weighted by molar-refractivity contribution is -0.0922. The van der Waals surface area contributed by atoms with Crippen LogP contribution in [0.3, 0.4) is 0 Å². The highest BCUT2D eigenvalue weighted by Crippen LogP contribution is 2.42. The minimum absolute atomic E-state index is 0.00914. The molecule has 0 saturated carbocycles. The maximum atomic E-state index is 6.33. The highest BCUT2D eigenvalue weighted by atomic mass is 16.5. The summed E-state index contributed by atoms with van der Waals surface area (Å²) in [6.45, 7) is 9.94. The summed E-state index contributed by atoms with van der Waals surface area (Å²) in [6, 6.07) is 6.59. The van der Waals surface area contributed by atoms with Gasteiger partial charge in [0.25, 0.3) is 0 Å². The molecule has 1 aliphatic heterocycles. The molecule has 88 valence electrons. The number of hydrogen-bond donors (Lipinski definition) is 1. The fourth-order valence-electron chi connectivity index (χ4n) is 2.53. The molecule has 0 aliphatic carbocycles. The molecule has 2 heteroatoms. The van der Waals surface area contributed by atoms with Gasteiger partial charge in [0.15, 0.2) is 0 Å². The monoisotopic (exact) mass is 219 g/mol. The molecule has 0 bridgehead atoms. The average molecular weight is 219 g/mol. The van der Waals surface area contributed by atoms with Gasteiger partial charge in [-0.2, -0.15) is 0 Å². The van der Waals surface area contributed by atoms with Crippen LogP contribution in [0.5, 0.6) is 0 Å². The summed E-state index contributed by atoms with van der Waals surface area (Å²) < 4.78 is 5.42. The van der Waals surface area contributed by atoms with Crippen molar-refractivity contribution in [1.82, 2.24) is 0 Å². The van der Waals surface area contributed by atoms with Crippen molar-refractivity contribution in [1.29, 1.82) is 0 Å². The molecule has 0 aromatic heterocycles. The summed E-state index contributed by atoms with van der Waals surface area (Å²) in [6.07, 6.45) is 0. The number of rotatable bonds is 2. The molecule has 2 nitrogen and oxygen atoms in total. The van der Waals surface area contributed by atoms with Crippen molar-refractivity contribution in [2.45, 2.75) is 38.6 Å². The van der Waals surface area contributed by atoms with Crippen LogP contribution in [0.1, 0.15) is 30.5 Å². The van der Waals surface area contributed by atoms with Crippen LogP contribution >= 0.6 is 0 Å². The Hall–Kier alpha value is -0.860. The van der Waals surface area contributed by atoms with Gasteiger partial charge in [-0.3, -0.25) is 0 Å². The van der Waals surface area contributed by atoms with E-state index in [9.17, 15) is 0 Å². The highest BCUT2D eigenvalue weighted by molar-refractivity contribution is 5.41. The van der Waals surface area contributed by atoms with E-state index in [1.807, 2.05) is 0 Å². The number of aryl methyl sites for hydroxylation is 2. The number of ether oxygens (including phenoxy) is 1. The Balaban J connectivity index is 2.49. The highest BCUT2D eigenvalue weighted by Gasteiger charge is 2.50. The minimum Gasteiger partial charge on any atom is -0.379 e. The van der Waals surface area contributed by atoms with E-state index in [4.69, 9.17) is 10.5 Å². The van der Waals surface area contributed by atoms with Crippen molar-refractivity contribution in [3.63, 3.8) is 0 Å². The first-order valence-electron chi connectivity index (χ1n) is 5.81. The molecule has 1 aromatic rings. The predicted molar refractivity (Wildman–Crippen MR) is 66.7 cm³/mol. The molecule has 1 saturated heterocycles. The Labute approximate surface area is 97.8 Å². The number of hydrogen-bond acceptors (Lipinski definition) is 2. The van der Waals surface area contributed by atoms with E-state index in [1.165, 1.54) is 16.7 Å². The molecule has 0 spiro atoms. The number of nitrogens with two attached hydrogens (primary N) is 1. The molecule has 1 aliphatic rings. The summed E-state index contributed by atoms with van der Waals surface area (Å²) in [4.78, 5) is 0. The van der Waals surface area contributed by atoms with Crippen LogP contribution in [0.2, 0.25) is 0 Å². The van der Waals surface area contributed by atoms with Crippen LogP contribution in [-0.2, 0) is 10.2 Å². The second kappa shape index (κ2) is 3.57. The van der Waals surface area contributed by atoms with Gasteiger partial charge < -0.3 is 10.5 Å². The smallest absolute Gasteiger partial charge is 0.0603 e. The van der Waals surface area contributed by atoms with Crippen molar-refractivity contribution in [2.75, 3.05) is 13.2 Å². The first kappa shape index (κ1) is 11.6. The summed E-state index contributed by atoms with van der Waals surface area (Å²) in [5.41, 5.74) is 10.0. The Morgan fingerprint density at radius 1 is 1.25 bits per heavy atom. The van der Waals surface area contributed by atoms with Crippen LogP contribution in [-0.4, -0.2) is 18.8 Å². The second-order valence-electron chi connectivity index (χ2n) is 5.61. The zero-order valence-electron chi connectivity index (χ0n) is 10.6. The van der Waals surface area contributed by atoms with Gasteiger partial charge in [-0.15, -0.1) is 0 Å². The van der Waals surface area contributed by atoms with Crippen LogP contribution in [0.25, 0.3) is 0 Å². The third-order valence-corrected chi connectivity index (χ3v) is 3.83. The first-order chi connectivity index (χ1) is 7.37. The average Bonchev–Trinajstić information content (AvgIpc) is 2.04. The lowest BCUT2D eigenvalue weighted by atomic mass is 9.64. The summed E-state index contributed by atoms with van der Waals surface area (Å²) in [5.74, 6) is 0. The molecule has 0 radical (unpaired) electrons. The first-order valence-corrected chi connectivity index (χ1v) is 5.81. The third-order valence-electron chi connectivity index (χ3n) is 3.83. The van der Waals surface area contributed by atoms with E-state index < -0.39 is 0 Å². The van der Waals surface area contributed by atoms with Gasteiger partial charge in [0, 0.05) is 5.54 Å². The van der Waals surface area contributed by atoms with Gasteiger partial charge in [0.05, 0.1) is 18.6 Å².